The van der Waals surface area contributed by atoms with Crippen LogP contribution in [0.15, 0.2) is 35.5 Å². The van der Waals surface area contributed by atoms with Gasteiger partial charge in [-0.25, -0.2) is 0 Å². The molecule has 1 aromatic heterocycles. The number of rotatable bonds is 8. The zero-order valence-corrected chi connectivity index (χ0v) is 19.3. The number of nitrogens with one attached hydrogen (secondary N) is 1. The van der Waals surface area contributed by atoms with Crippen molar-refractivity contribution in [2.24, 2.45) is 5.16 Å². The lowest BCUT2D eigenvalue weighted by Crippen LogP contribution is -2.19. The maximum atomic E-state index is 5.94. The van der Waals surface area contributed by atoms with Crippen LogP contribution < -0.4 is 14.2 Å². The van der Waals surface area contributed by atoms with Gasteiger partial charge in [0.15, 0.2) is 18.1 Å². The lowest BCUT2D eigenvalue weighted by Gasteiger charge is -2.12. The van der Waals surface area contributed by atoms with E-state index in [-0.39, 0.29) is 19.0 Å². The number of H-pyrrole nitrogens is 1. The molecule has 0 atom stereocenters. The van der Waals surface area contributed by atoms with Crippen molar-refractivity contribution in [3.63, 3.8) is 0 Å². The highest BCUT2D eigenvalue weighted by molar-refractivity contribution is 6.30. The van der Waals surface area contributed by atoms with E-state index in [4.69, 9.17) is 25.5 Å². The highest BCUT2D eigenvalue weighted by Gasteiger charge is 2.32. The second-order valence-electron chi connectivity index (χ2n) is 7.40. The molecule has 1 heterocycles. The number of ether oxygens (including phenoxy) is 3. The molecule has 1 aliphatic carbocycles. The van der Waals surface area contributed by atoms with Gasteiger partial charge >= 0.3 is 0 Å². The van der Waals surface area contributed by atoms with Crippen LogP contribution in [0, 0.1) is 12.3 Å². The second kappa shape index (κ2) is 9.86. The van der Waals surface area contributed by atoms with Gasteiger partial charge in [0, 0.05) is 34.1 Å². The summed E-state index contributed by atoms with van der Waals surface area (Å²) in [6.45, 7) is 1.52. The third-order valence-electron chi connectivity index (χ3n) is 5.17. The number of methoxy groups -OCH3 is 2. The summed E-state index contributed by atoms with van der Waals surface area (Å²) < 4.78 is 16.9. The summed E-state index contributed by atoms with van der Waals surface area (Å²) in [5, 5.41) is 5.37. The molecule has 0 saturated carbocycles. The van der Waals surface area contributed by atoms with Crippen LogP contribution in [0.4, 0.5) is 0 Å². The van der Waals surface area contributed by atoms with E-state index >= 15 is 0 Å². The Morgan fingerprint density at radius 2 is 1.78 bits per heavy atom. The van der Waals surface area contributed by atoms with Gasteiger partial charge in [0.2, 0.25) is 0 Å². The number of likely N-dealkylation sites (N-methyl/N-ethyl adjacent to an activating group) is 1. The molecule has 0 unspecified atom stereocenters. The molecule has 0 spiro atoms. The Labute approximate surface area is 193 Å². The van der Waals surface area contributed by atoms with E-state index in [1.807, 2.05) is 44.4 Å². The number of benzene rings is 2. The molecule has 0 amide bonds. The predicted octanol–water partition coefficient (Wildman–Crippen LogP) is 3.93. The quantitative estimate of drug-likeness (QED) is 0.248. The summed E-state index contributed by atoms with van der Waals surface area (Å²) in [5.41, 5.74) is 5.40. The minimum atomic E-state index is 0. The van der Waals surface area contributed by atoms with Crippen molar-refractivity contribution in [2.75, 3.05) is 48.1 Å². The Balaban J connectivity index is 0.00000289. The molecule has 0 bridgehead atoms. The molecule has 3 aromatic rings. The molecule has 4 rings (SSSR count). The molecule has 7 nitrogen and oxygen atoms in total. The number of hydrogen-bond acceptors (Lipinski definition) is 6. The van der Waals surface area contributed by atoms with Gasteiger partial charge in [-0.3, -0.25) is 0 Å². The standard InChI is InChI=1S/C24H25N3O4.ClH/c1-6-10-31-26-24-17-14-21(29-5)20(28-4)13-16(17)23-22(24)18-12-15(7-8-19(18)25-23)30-11-9-27(2)3;/h1,7-8,12-14,25H,9-11H2,2-5H3;1H. The van der Waals surface area contributed by atoms with Gasteiger partial charge in [-0.1, -0.05) is 11.1 Å². The van der Waals surface area contributed by atoms with Crippen LogP contribution in [0.2, 0.25) is 0 Å². The molecule has 1 N–H and O–H groups in total. The van der Waals surface area contributed by atoms with Crippen molar-refractivity contribution >= 4 is 29.0 Å². The monoisotopic (exact) mass is 455 g/mol. The predicted molar refractivity (Wildman–Crippen MR) is 129 cm³/mol. The lowest BCUT2D eigenvalue weighted by atomic mass is 10.1. The summed E-state index contributed by atoms with van der Waals surface area (Å²) in [7, 11) is 7.26. The highest BCUT2D eigenvalue weighted by atomic mass is 35.5. The Kier molecular flexibility index (Phi) is 7.18. The van der Waals surface area contributed by atoms with E-state index in [1.165, 1.54) is 0 Å². The maximum Gasteiger partial charge on any atom is 0.177 e. The van der Waals surface area contributed by atoms with Crippen LogP contribution in [0.25, 0.3) is 22.2 Å². The summed E-state index contributed by atoms with van der Waals surface area (Å²) >= 11 is 0. The molecule has 32 heavy (non-hydrogen) atoms. The third-order valence-corrected chi connectivity index (χ3v) is 5.17. The number of aromatic nitrogens is 1. The van der Waals surface area contributed by atoms with Gasteiger partial charge < -0.3 is 28.9 Å². The first-order valence-electron chi connectivity index (χ1n) is 9.91. The molecular weight excluding hydrogens is 430 g/mol. The number of terminal acetylenes is 1. The third kappa shape index (κ3) is 4.20. The molecule has 0 radical (unpaired) electrons. The molecular formula is C24H26ClN3O4. The van der Waals surface area contributed by atoms with Crippen LogP contribution in [0.5, 0.6) is 17.2 Å². The topological polar surface area (TPSA) is 68.3 Å². The van der Waals surface area contributed by atoms with Gasteiger partial charge in [0.25, 0.3) is 0 Å². The van der Waals surface area contributed by atoms with Crippen molar-refractivity contribution in [3.05, 3.63) is 41.5 Å². The van der Waals surface area contributed by atoms with Crippen LogP contribution >= 0.6 is 12.4 Å². The Morgan fingerprint density at radius 1 is 1.06 bits per heavy atom. The average Bonchev–Trinajstić information content (AvgIpc) is 3.27. The Morgan fingerprint density at radius 3 is 2.44 bits per heavy atom. The van der Waals surface area contributed by atoms with Crippen molar-refractivity contribution in [1.29, 1.82) is 0 Å². The molecule has 0 fully saturated rings. The van der Waals surface area contributed by atoms with E-state index in [2.05, 4.69) is 21.0 Å². The second-order valence-corrected chi connectivity index (χ2v) is 7.40. The summed E-state index contributed by atoms with van der Waals surface area (Å²) in [5.74, 6) is 4.51. The average molecular weight is 456 g/mol. The van der Waals surface area contributed by atoms with Crippen LogP contribution in [0.1, 0.15) is 11.1 Å². The minimum absolute atomic E-state index is 0. The smallest absolute Gasteiger partial charge is 0.177 e. The zero-order chi connectivity index (χ0) is 22.0. The molecule has 2 aromatic carbocycles. The maximum absolute atomic E-state index is 5.94. The fraction of sp³-hybridized carbons (Fsp3) is 0.292. The normalized spacial score (nSPS) is 12.8. The molecule has 1 aliphatic rings. The van der Waals surface area contributed by atoms with E-state index in [1.54, 1.807) is 14.2 Å². The van der Waals surface area contributed by atoms with Gasteiger partial charge in [-0.15, -0.1) is 18.8 Å². The number of hydrogen-bond donors (Lipinski definition) is 1. The number of halogens is 1. The highest BCUT2D eigenvalue weighted by Crippen LogP contribution is 2.45. The SMILES string of the molecule is C#CCON=C1c2cc(OC)c(OC)cc2-c2[nH]c3ccc(OCCN(C)C)cc3c21.Cl. The Hall–Kier alpha value is -3.34. The van der Waals surface area contributed by atoms with Gasteiger partial charge in [-0.2, -0.15) is 0 Å². The number of oxime groups is 1. The van der Waals surface area contributed by atoms with Crippen LogP contribution in [-0.4, -0.2) is 63.7 Å². The number of fused-ring (bicyclic) bond motifs is 5. The molecule has 8 heteroatoms. The minimum Gasteiger partial charge on any atom is -0.493 e. The largest absolute Gasteiger partial charge is 0.493 e. The molecule has 0 saturated heterocycles. The van der Waals surface area contributed by atoms with Crippen molar-refractivity contribution in [3.8, 4) is 40.8 Å². The fourth-order valence-electron chi connectivity index (χ4n) is 3.70. The summed E-state index contributed by atoms with van der Waals surface area (Å²) in [6, 6.07) is 9.85. The fourth-order valence-corrected chi connectivity index (χ4v) is 3.70. The van der Waals surface area contributed by atoms with E-state index in [0.29, 0.717) is 23.8 Å². The zero-order valence-electron chi connectivity index (χ0n) is 18.5. The van der Waals surface area contributed by atoms with Crippen LogP contribution in [-0.2, 0) is 4.84 Å². The molecule has 168 valence electrons. The van der Waals surface area contributed by atoms with Gasteiger partial charge in [-0.05, 0) is 44.4 Å². The summed E-state index contributed by atoms with van der Waals surface area (Å²) in [4.78, 5) is 11.0. The van der Waals surface area contributed by atoms with Crippen molar-refractivity contribution in [2.45, 2.75) is 0 Å². The lowest BCUT2D eigenvalue weighted by molar-refractivity contribution is 0.180. The van der Waals surface area contributed by atoms with Gasteiger partial charge in [0.05, 0.1) is 19.9 Å². The molecule has 0 aliphatic heterocycles. The first kappa shape index (κ1) is 23.3. The van der Waals surface area contributed by atoms with Crippen molar-refractivity contribution in [1.82, 2.24) is 9.88 Å². The van der Waals surface area contributed by atoms with E-state index in [9.17, 15) is 0 Å². The summed E-state index contributed by atoms with van der Waals surface area (Å²) in [6.07, 6.45) is 5.34. The van der Waals surface area contributed by atoms with Gasteiger partial charge in [0.1, 0.15) is 18.1 Å². The number of nitrogens with zero attached hydrogens (tertiary/aromatic N) is 2. The van der Waals surface area contributed by atoms with Crippen molar-refractivity contribution < 1.29 is 19.0 Å². The first-order valence-corrected chi connectivity index (χ1v) is 9.91. The number of aromatic amines is 1. The van der Waals surface area contributed by atoms with E-state index in [0.717, 1.165) is 45.6 Å². The van der Waals surface area contributed by atoms with Crippen LogP contribution in [0.3, 0.4) is 0 Å². The Bertz CT molecular complexity index is 1190. The van der Waals surface area contributed by atoms with E-state index < -0.39 is 0 Å². The first-order chi connectivity index (χ1) is 15.1.